The Balaban J connectivity index is 1.31. The van der Waals surface area contributed by atoms with Crippen LogP contribution in [0.15, 0.2) is 65.8 Å². The lowest BCUT2D eigenvalue weighted by molar-refractivity contribution is 0.0707. The predicted molar refractivity (Wildman–Crippen MR) is 167 cm³/mol. The molecule has 0 saturated carbocycles. The lowest BCUT2D eigenvalue weighted by atomic mass is 9.82. The number of likely N-dealkylation sites (tertiary alicyclic amines) is 1. The molecule has 1 fully saturated rings. The first kappa shape index (κ1) is 28.7. The molecule has 1 N–H and O–H groups in total. The van der Waals surface area contributed by atoms with Gasteiger partial charge in [0.05, 0.1) is 18.5 Å². The molecule has 2 aliphatic rings. The van der Waals surface area contributed by atoms with Crippen LogP contribution in [0.4, 0.5) is 5.95 Å². The Morgan fingerprint density at radius 3 is 2.64 bits per heavy atom. The van der Waals surface area contributed by atoms with Crippen molar-refractivity contribution in [1.82, 2.24) is 24.6 Å². The van der Waals surface area contributed by atoms with Gasteiger partial charge in [0.1, 0.15) is 11.4 Å². The van der Waals surface area contributed by atoms with E-state index in [9.17, 15) is 4.55 Å². The average molecular weight is 585 g/mol. The molecule has 1 saturated heterocycles. The molecule has 4 heterocycles. The molecule has 2 aromatic heterocycles. The second kappa shape index (κ2) is 12.5. The van der Waals surface area contributed by atoms with Crippen LogP contribution in [-0.2, 0) is 24.3 Å². The fourth-order valence-corrected chi connectivity index (χ4v) is 7.10. The van der Waals surface area contributed by atoms with Gasteiger partial charge in [0.2, 0.25) is 5.88 Å². The van der Waals surface area contributed by atoms with E-state index in [1.54, 1.807) is 0 Å². The van der Waals surface area contributed by atoms with Gasteiger partial charge in [-0.25, -0.2) is 4.98 Å². The summed E-state index contributed by atoms with van der Waals surface area (Å²) in [6, 6.07) is 16.6. The molecule has 4 aromatic rings. The number of aryl methyl sites for hydroxylation is 3. The van der Waals surface area contributed by atoms with Crippen LogP contribution in [0, 0.1) is 25.7 Å². The summed E-state index contributed by atoms with van der Waals surface area (Å²) in [5.74, 6) is 1.68. The lowest BCUT2D eigenvalue weighted by Gasteiger charge is -2.38. The highest BCUT2D eigenvalue weighted by Gasteiger charge is 2.31. The smallest absolute Gasteiger partial charge is 0.269 e. The van der Waals surface area contributed by atoms with E-state index in [0.717, 1.165) is 66.2 Å². The summed E-state index contributed by atoms with van der Waals surface area (Å²) in [6.45, 7) is 11.9. The number of benzene rings is 2. The maximum absolute atomic E-state index is 13.4. The number of rotatable bonds is 4. The molecule has 42 heavy (non-hydrogen) atoms. The minimum Gasteiger partial charge on any atom is -0.588 e. The van der Waals surface area contributed by atoms with Gasteiger partial charge in [-0.3, -0.25) is 9.58 Å². The largest absolute Gasteiger partial charge is 0.588 e. The summed E-state index contributed by atoms with van der Waals surface area (Å²) in [7, 11) is 0. The zero-order chi connectivity index (χ0) is 29.2. The Morgan fingerprint density at radius 1 is 1.05 bits per heavy atom. The average Bonchev–Trinajstić information content (AvgIpc) is 3.44. The zero-order valence-corrected chi connectivity index (χ0v) is 25.7. The molecule has 6 rings (SSSR count). The van der Waals surface area contributed by atoms with Crippen LogP contribution in [0.5, 0.6) is 5.88 Å². The Labute approximate surface area is 251 Å². The molecule has 0 spiro atoms. The number of hydrogen-bond acceptors (Lipinski definition) is 7. The fourth-order valence-electron chi connectivity index (χ4n) is 6.26. The van der Waals surface area contributed by atoms with Crippen LogP contribution < -0.4 is 9.46 Å². The number of nitrogens with one attached hydrogen (secondary N) is 1. The Bertz CT molecular complexity index is 1520. The van der Waals surface area contributed by atoms with Gasteiger partial charge in [-0.05, 0) is 88.2 Å². The van der Waals surface area contributed by atoms with E-state index in [4.69, 9.17) is 9.72 Å². The number of anilines is 1. The van der Waals surface area contributed by atoms with E-state index in [2.05, 4.69) is 83.9 Å². The molecule has 2 aliphatic heterocycles. The van der Waals surface area contributed by atoms with Crippen molar-refractivity contribution in [3.63, 3.8) is 0 Å². The number of piperidine rings is 1. The highest BCUT2D eigenvalue weighted by molar-refractivity contribution is 7.92. The highest BCUT2D eigenvalue weighted by atomic mass is 32.2. The summed E-state index contributed by atoms with van der Waals surface area (Å²) >= 11 is -1.50. The Hall–Kier alpha value is -3.40. The fraction of sp³-hybridized carbons (Fsp3) is 0.424. The Morgan fingerprint density at radius 2 is 1.86 bits per heavy atom. The van der Waals surface area contributed by atoms with Gasteiger partial charge in [-0.2, -0.15) is 14.8 Å². The third kappa shape index (κ3) is 6.48. The first-order valence-corrected chi connectivity index (χ1v) is 16.1. The van der Waals surface area contributed by atoms with Crippen molar-refractivity contribution in [1.29, 1.82) is 0 Å². The molecule has 0 aliphatic carbocycles. The maximum Gasteiger partial charge on any atom is 0.269 e. The first-order chi connectivity index (χ1) is 20.3. The van der Waals surface area contributed by atoms with Crippen LogP contribution in [0.2, 0.25) is 0 Å². The normalized spacial score (nSPS) is 21.2. The summed E-state index contributed by atoms with van der Waals surface area (Å²) in [5.41, 5.74) is 6.51. The summed E-state index contributed by atoms with van der Waals surface area (Å²) in [5, 5.41) is 4.55. The molecular weight excluding hydrogens is 544 g/mol. The molecule has 220 valence electrons. The van der Waals surface area contributed by atoms with E-state index in [1.165, 1.54) is 11.1 Å². The molecule has 0 radical (unpaired) electrons. The van der Waals surface area contributed by atoms with Crippen LogP contribution in [0.1, 0.15) is 55.0 Å². The number of fused-ring (bicyclic) bond motifs is 5. The second-order valence-corrected chi connectivity index (χ2v) is 13.2. The van der Waals surface area contributed by atoms with Crippen molar-refractivity contribution < 1.29 is 9.29 Å². The van der Waals surface area contributed by atoms with Crippen LogP contribution >= 0.6 is 0 Å². The highest BCUT2D eigenvalue weighted by Crippen LogP contribution is 2.33. The van der Waals surface area contributed by atoms with Crippen LogP contribution in [-0.4, -0.2) is 48.9 Å². The van der Waals surface area contributed by atoms with Gasteiger partial charge in [0.15, 0.2) is 4.90 Å². The van der Waals surface area contributed by atoms with Gasteiger partial charge in [-0.1, -0.05) is 30.3 Å². The van der Waals surface area contributed by atoms with Crippen LogP contribution in [0.3, 0.4) is 0 Å². The van der Waals surface area contributed by atoms with E-state index in [1.807, 2.05) is 29.1 Å². The monoisotopic (exact) mass is 584 g/mol. The standard InChI is InChI=1S/C33H40N6O2S/c1-22(2)39-19-26(17-34-39)18-38-14-13-27-12-11-25-9-6-10-29(15-25)42(40)37-33-35-30(32-23(3)7-5-8-24(32)4)16-31(36-33)41-21-28(27)20-38/h5-10,15-17,19,22,27-28H,11-14,18,20-21H2,1-4H3,(H,35,36,37)/t27?,28-,42?/m1/s1. The number of ether oxygens (including phenoxy) is 1. The van der Waals surface area contributed by atoms with E-state index in [-0.39, 0.29) is 0 Å². The molecule has 9 heteroatoms. The summed E-state index contributed by atoms with van der Waals surface area (Å²) in [4.78, 5) is 12.7. The minimum atomic E-state index is -1.50. The van der Waals surface area contributed by atoms with Crippen molar-refractivity contribution in [3.8, 4) is 17.1 Å². The molecule has 4 bridgehead atoms. The topological polar surface area (TPSA) is 91.2 Å². The molecular formula is C33H40N6O2S. The number of hydrogen-bond donors (Lipinski definition) is 1. The molecule has 2 aromatic carbocycles. The third-order valence-corrected chi connectivity index (χ3v) is 9.60. The summed E-state index contributed by atoms with van der Waals surface area (Å²) < 4.78 is 24.9. The maximum atomic E-state index is 13.4. The first-order valence-electron chi connectivity index (χ1n) is 14.9. The molecule has 3 atom stereocenters. The van der Waals surface area contributed by atoms with Crippen molar-refractivity contribution in [2.24, 2.45) is 11.8 Å². The quantitative estimate of drug-likeness (QED) is 0.288. The Kier molecular flexibility index (Phi) is 8.51. The number of nitrogens with zero attached hydrogens (tertiary/aromatic N) is 5. The predicted octanol–water partition coefficient (Wildman–Crippen LogP) is 6.14. The van der Waals surface area contributed by atoms with Crippen molar-refractivity contribution in [2.75, 3.05) is 24.4 Å². The lowest BCUT2D eigenvalue weighted by Crippen LogP contribution is -2.42. The van der Waals surface area contributed by atoms with Gasteiger partial charge >= 0.3 is 0 Å². The van der Waals surface area contributed by atoms with E-state index < -0.39 is 11.4 Å². The van der Waals surface area contributed by atoms with Crippen LogP contribution in [0.25, 0.3) is 11.3 Å². The second-order valence-electron chi connectivity index (χ2n) is 12.0. The van der Waals surface area contributed by atoms with Gasteiger partial charge < -0.3 is 9.29 Å². The van der Waals surface area contributed by atoms with Crippen molar-refractivity contribution in [3.05, 3.63) is 83.2 Å². The molecule has 8 nitrogen and oxygen atoms in total. The number of aromatic nitrogens is 4. The molecule has 0 amide bonds. The summed E-state index contributed by atoms with van der Waals surface area (Å²) in [6.07, 6.45) is 7.30. The minimum absolute atomic E-state index is 0.301. The molecule has 2 unspecified atom stereocenters. The van der Waals surface area contributed by atoms with Gasteiger partial charge in [-0.15, -0.1) is 0 Å². The zero-order valence-electron chi connectivity index (χ0n) is 24.9. The third-order valence-electron chi connectivity index (χ3n) is 8.55. The van der Waals surface area contributed by atoms with E-state index in [0.29, 0.717) is 36.3 Å². The van der Waals surface area contributed by atoms with Gasteiger partial charge in [0, 0.05) is 48.4 Å². The SMILES string of the molecule is Cc1cccc(C)c1-c1cc2nc(n1)N[S+]([O-])c1cccc(c1)CCC1CCN(Cc3cnn(C(C)C)c3)C[C@@H]1CO2. The van der Waals surface area contributed by atoms with Gasteiger partial charge in [0.25, 0.3) is 5.95 Å². The van der Waals surface area contributed by atoms with Crippen molar-refractivity contribution >= 4 is 17.3 Å². The van der Waals surface area contributed by atoms with E-state index >= 15 is 0 Å². The van der Waals surface area contributed by atoms with Crippen molar-refractivity contribution in [2.45, 2.75) is 64.4 Å².